The van der Waals surface area contributed by atoms with Crippen LogP contribution in [0.5, 0.6) is 0 Å². The Morgan fingerprint density at radius 1 is 1.06 bits per heavy atom. The molecule has 0 saturated carbocycles. The number of anilines is 2. The molecule has 168 valence electrons. The zero-order valence-electron chi connectivity index (χ0n) is 17.8. The molecule has 0 aliphatic carbocycles. The molecule has 1 N–H and O–H groups in total. The number of nitrogens with one attached hydrogen (secondary N) is 1. The van der Waals surface area contributed by atoms with Crippen LogP contribution in [0.15, 0.2) is 77.8 Å². The number of carbonyl (C=O) groups is 1. The van der Waals surface area contributed by atoms with E-state index in [1.807, 2.05) is 30.3 Å². The van der Waals surface area contributed by atoms with Gasteiger partial charge in [-0.2, -0.15) is 0 Å². The van der Waals surface area contributed by atoms with E-state index in [2.05, 4.69) is 5.32 Å². The van der Waals surface area contributed by atoms with Gasteiger partial charge in [-0.1, -0.05) is 30.3 Å². The van der Waals surface area contributed by atoms with E-state index in [4.69, 9.17) is 4.99 Å². The highest BCUT2D eigenvalue weighted by atomic mass is 32.2. The monoisotopic (exact) mass is 464 g/mol. The van der Waals surface area contributed by atoms with E-state index in [1.54, 1.807) is 24.3 Å². The normalized spacial score (nSPS) is 15.6. The van der Waals surface area contributed by atoms with Gasteiger partial charge in [0.25, 0.3) is 5.69 Å². The summed E-state index contributed by atoms with van der Waals surface area (Å²) in [4.78, 5) is 28.4. The van der Waals surface area contributed by atoms with Gasteiger partial charge in [0.15, 0.2) is 0 Å². The number of rotatable bonds is 6. The Hall–Kier alpha value is -4.05. The molecule has 1 aliphatic rings. The molecule has 9 nitrogen and oxygen atoms in total. The first-order valence-corrected chi connectivity index (χ1v) is 11.8. The van der Waals surface area contributed by atoms with Crippen LogP contribution in [0.4, 0.5) is 22.7 Å². The minimum absolute atomic E-state index is 0.115. The number of carbonyl (C=O) groups excluding carboxylic acids is 1. The highest BCUT2D eigenvalue weighted by Gasteiger charge is 2.36. The van der Waals surface area contributed by atoms with E-state index in [0.717, 1.165) is 10.6 Å². The van der Waals surface area contributed by atoms with E-state index in [-0.39, 0.29) is 11.6 Å². The van der Waals surface area contributed by atoms with Crippen molar-refractivity contribution in [2.24, 2.45) is 4.99 Å². The van der Waals surface area contributed by atoms with Crippen LogP contribution in [0.3, 0.4) is 0 Å². The van der Waals surface area contributed by atoms with E-state index in [0.29, 0.717) is 33.9 Å². The highest BCUT2D eigenvalue weighted by molar-refractivity contribution is 7.92. The minimum Gasteiger partial charge on any atom is -0.325 e. The largest absolute Gasteiger partial charge is 0.325 e. The maximum Gasteiger partial charge on any atom is 0.269 e. The molecule has 10 heteroatoms. The van der Waals surface area contributed by atoms with Crippen LogP contribution in [0.1, 0.15) is 17.0 Å². The highest BCUT2D eigenvalue weighted by Crippen LogP contribution is 2.38. The van der Waals surface area contributed by atoms with Crippen molar-refractivity contribution >= 4 is 44.4 Å². The predicted molar refractivity (Wildman–Crippen MR) is 127 cm³/mol. The molecule has 0 radical (unpaired) electrons. The summed E-state index contributed by atoms with van der Waals surface area (Å²) in [5, 5.41) is 14.1. The Morgan fingerprint density at radius 3 is 2.33 bits per heavy atom. The Labute approximate surface area is 190 Å². The number of benzene rings is 3. The Morgan fingerprint density at radius 2 is 1.73 bits per heavy atom. The van der Waals surface area contributed by atoms with Crippen LogP contribution in [-0.2, 0) is 14.8 Å². The van der Waals surface area contributed by atoms with Crippen molar-refractivity contribution in [2.45, 2.75) is 5.92 Å². The zero-order valence-corrected chi connectivity index (χ0v) is 18.6. The van der Waals surface area contributed by atoms with Crippen LogP contribution in [0.2, 0.25) is 0 Å². The van der Waals surface area contributed by atoms with Crippen LogP contribution < -0.4 is 9.62 Å². The van der Waals surface area contributed by atoms with Gasteiger partial charge in [0.05, 0.1) is 28.3 Å². The van der Waals surface area contributed by atoms with Crippen molar-refractivity contribution in [1.29, 1.82) is 0 Å². The molecule has 1 atom stereocenters. The molecule has 3 aromatic rings. The summed E-state index contributed by atoms with van der Waals surface area (Å²) in [5.74, 6) is -1.18. The molecule has 0 bridgehead atoms. The fraction of sp³-hybridized carbons (Fsp3) is 0.130. The average molecular weight is 465 g/mol. The van der Waals surface area contributed by atoms with Gasteiger partial charge in [-0.05, 0) is 35.9 Å². The number of nitrogens with zero attached hydrogens (tertiary/aromatic N) is 3. The smallest absolute Gasteiger partial charge is 0.269 e. The molecule has 0 fully saturated rings. The lowest BCUT2D eigenvalue weighted by Gasteiger charge is -2.17. The number of amides is 1. The lowest BCUT2D eigenvalue weighted by atomic mass is 9.90. The van der Waals surface area contributed by atoms with E-state index in [1.165, 1.54) is 25.2 Å². The number of non-ortho nitro benzene ring substituents is 1. The van der Waals surface area contributed by atoms with E-state index >= 15 is 0 Å². The fourth-order valence-corrected chi connectivity index (χ4v) is 4.11. The number of sulfonamides is 1. The SMILES string of the molecule is CN(c1ccc(N=C(c2ccccc2)C2C(=O)Nc3ccc([N+](=O)[O-])cc32)cc1)S(C)(=O)=O. The van der Waals surface area contributed by atoms with Crippen molar-refractivity contribution in [3.05, 3.63) is 94.0 Å². The molecule has 3 aromatic carbocycles. The minimum atomic E-state index is -3.41. The van der Waals surface area contributed by atoms with Crippen molar-refractivity contribution in [3.63, 3.8) is 0 Å². The van der Waals surface area contributed by atoms with Gasteiger partial charge in [-0.15, -0.1) is 0 Å². The molecule has 33 heavy (non-hydrogen) atoms. The van der Waals surface area contributed by atoms with Gasteiger partial charge in [-0.3, -0.25) is 24.2 Å². The van der Waals surface area contributed by atoms with Crippen molar-refractivity contribution < 1.29 is 18.1 Å². The number of fused-ring (bicyclic) bond motifs is 1. The van der Waals surface area contributed by atoms with Gasteiger partial charge in [-0.25, -0.2) is 8.42 Å². The van der Waals surface area contributed by atoms with Crippen LogP contribution in [0, 0.1) is 10.1 Å². The second-order valence-corrected chi connectivity index (χ2v) is 9.57. The maximum atomic E-state index is 12.9. The standard InChI is InChI=1S/C23H20N4O5S/c1-26(33(2,31)32)17-10-8-16(9-11-17)24-22(15-6-4-3-5-7-15)21-19-14-18(27(29)30)12-13-20(19)25-23(21)28/h3-14,21H,1-2H3,(H,25,28). The lowest BCUT2D eigenvalue weighted by Crippen LogP contribution is -2.24. The molecule has 4 rings (SSSR count). The number of hydrogen-bond acceptors (Lipinski definition) is 6. The molecule has 1 unspecified atom stereocenters. The summed E-state index contributed by atoms with van der Waals surface area (Å²) < 4.78 is 24.7. The summed E-state index contributed by atoms with van der Waals surface area (Å²) in [6.45, 7) is 0. The van der Waals surface area contributed by atoms with Gasteiger partial charge < -0.3 is 5.32 Å². The molecular formula is C23H20N4O5S. The first-order chi connectivity index (χ1) is 15.6. The number of hydrogen-bond donors (Lipinski definition) is 1. The van der Waals surface area contributed by atoms with Crippen molar-refractivity contribution in [2.75, 3.05) is 22.9 Å². The van der Waals surface area contributed by atoms with Gasteiger partial charge in [0, 0.05) is 30.4 Å². The summed E-state index contributed by atoms with van der Waals surface area (Å²) in [5.41, 5.74) is 2.96. The van der Waals surface area contributed by atoms with Gasteiger partial charge in [0.2, 0.25) is 15.9 Å². The third kappa shape index (κ3) is 4.46. The Kier molecular flexibility index (Phi) is 5.69. The molecule has 0 aromatic heterocycles. The predicted octanol–water partition coefficient (Wildman–Crippen LogP) is 3.85. The second kappa shape index (κ2) is 8.47. The molecule has 1 amide bonds. The molecule has 1 heterocycles. The molecular weight excluding hydrogens is 444 g/mol. The van der Waals surface area contributed by atoms with E-state index in [9.17, 15) is 23.3 Å². The maximum absolute atomic E-state index is 12.9. The van der Waals surface area contributed by atoms with Crippen LogP contribution in [-0.4, -0.2) is 38.3 Å². The first kappa shape index (κ1) is 22.2. The average Bonchev–Trinajstić information content (AvgIpc) is 3.12. The number of aliphatic imine (C=N–C) groups is 1. The van der Waals surface area contributed by atoms with Crippen molar-refractivity contribution in [3.8, 4) is 0 Å². The van der Waals surface area contributed by atoms with Crippen LogP contribution >= 0.6 is 0 Å². The second-order valence-electron chi connectivity index (χ2n) is 7.56. The molecule has 0 spiro atoms. The van der Waals surface area contributed by atoms with Crippen LogP contribution in [0.25, 0.3) is 0 Å². The first-order valence-electron chi connectivity index (χ1n) is 9.92. The van der Waals surface area contributed by atoms with Gasteiger partial charge in [0.1, 0.15) is 5.92 Å². The summed E-state index contributed by atoms with van der Waals surface area (Å²) in [7, 11) is -1.96. The van der Waals surface area contributed by atoms with Crippen molar-refractivity contribution in [1.82, 2.24) is 0 Å². The lowest BCUT2D eigenvalue weighted by molar-refractivity contribution is -0.384. The third-order valence-electron chi connectivity index (χ3n) is 5.38. The fourth-order valence-electron chi connectivity index (χ4n) is 3.61. The Balaban J connectivity index is 1.82. The number of nitro groups is 1. The summed E-state index contributed by atoms with van der Waals surface area (Å²) >= 11 is 0. The topological polar surface area (TPSA) is 122 Å². The molecule has 1 aliphatic heterocycles. The third-order valence-corrected chi connectivity index (χ3v) is 6.59. The molecule has 0 saturated heterocycles. The number of nitro benzene ring substituents is 1. The zero-order chi connectivity index (χ0) is 23.8. The van der Waals surface area contributed by atoms with Gasteiger partial charge >= 0.3 is 0 Å². The Bertz CT molecular complexity index is 1370. The van der Waals surface area contributed by atoms with E-state index < -0.39 is 20.9 Å². The summed E-state index contributed by atoms with van der Waals surface area (Å²) in [6.07, 6.45) is 1.11. The summed E-state index contributed by atoms with van der Waals surface area (Å²) in [6, 6.07) is 19.9. The quantitative estimate of drug-likeness (QED) is 0.337.